The Labute approximate surface area is 190 Å². The van der Waals surface area contributed by atoms with Gasteiger partial charge in [-0.2, -0.15) is 4.39 Å². The SMILES string of the molecule is C=CC(=O)N1C[C@@H](c2cc(Cl)nc(-c3cc(F)nc(C(=O)NC)c3)c2)N(C(C)=O)C[C@@H]1C. The van der Waals surface area contributed by atoms with Crippen molar-refractivity contribution in [1.82, 2.24) is 25.1 Å². The molecule has 2 aromatic heterocycles. The first kappa shape index (κ1) is 23.3. The van der Waals surface area contributed by atoms with E-state index in [4.69, 9.17) is 11.6 Å². The molecule has 0 radical (unpaired) electrons. The monoisotopic (exact) mass is 459 g/mol. The minimum atomic E-state index is -0.843. The van der Waals surface area contributed by atoms with E-state index >= 15 is 0 Å². The van der Waals surface area contributed by atoms with Crippen LogP contribution in [-0.4, -0.2) is 63.7 Å². The van der Waals surface area contributed by atoms with Gasteiger partial charge >= 0.3 is 0 Å². The summed E-state index contributed by atoms with van der Waals surface area (Å²) < 4.78 is 14.1. The number of nitrogens with one attached hydrogen (secondary N) is 1. The number of hydrogen-bond acceptors (Lipinski definition) is 5. The fourth-order valence-electron chi connectivity index (χ4n) is 3.78. The third-order valence-corrected chi connectivity index (χ3v) is 5.55. The van der Waals surface area contributed by atoms with Crippen LogP contribution in [0.25, 0.3) is 11.3 Å². The standard InChI is InChI=1S/C22H23ClFN5O3/c1-5-21(31)28-11-18(29(13(3)30)10-12(28)2)15-7-16(26-19(23)8-15)14-6-17(22(32)25-4)27-20(24)9-14/h5-9,12,18H,1,10-11H2,2-4H3,(H,25,32)/t12-,18-/m0/s1. The summed E-state index contributed by atoms with van der Waals surface area (Å²) in [4.78, 5) is 47.8. The Kier molecular flexibility index (Phi) is 6.88. The second kappa shape index (κ2) is 9.44. The second-order valence-electron chi connectivity index (χ2n) is 7.48. The van der Waals surface area contributed by atoms with Crippen molar-refractivity contribution in [2.45, 2.75) is 25.9 Å². The van der Waals surface area contributed by atoms with Crippen LogP contribution < -0.4 is 5.32 Å². The van der Waals surface area contributed by atoms with Crippen molar-refractivity contribution in [2.24, 2.45) is 0 Å². The van der Waals surface area contributed by atoms with Crippen LogP contribution in [0.15, 0.2) is 36.9 Å². The number of nitrogens with zero attached hydrogens (tertiary/aromatic N) is 4. The highest BCUT2D eigenvalue weighted by Crippen LogP contribution is 2.32. The van der Waals surface area contributed by atoms with Crippen LogP contribution in [0.2, 0.25) is 5.15 Å². The van der Waals surface area contributed by atoms with Crippen molar-refractivity contribution in [3.8, 4) is 11.3 Å². The van der Waals surface area contributed by atoms with Gasteiger partial charge < -0.3 is 15.1 Å². The first-order valence-electron chi connectivity index (χ1n) is 9.92. The molecule has 1 N–H and O–H groups in total. The maximum atomic E-state index is 14.1. The predicted molar refractivity (Wildman–Crippen MR) is 117 cm³/mol. The molecule has 1 fully saturated rings. The molecule has 0 bridgehead atoms. The molecule has 32 heavy (non-hydrogen) atoms. The van der Waals surface area contributed by atoms with Crippen LogP contribution in [0.1, 0.15) is 35.9 Å². The average molecular weight is 460 g/mol. The lowest BCUT2D eigenvalue weighted by Crippen LogP contribution is -2.56. The first-order valence-corrected chi connectivity index (χ1v) is 10.3. The average Bonchev–Trinajstić information content (AvgIpc) is 2.76. The normalized spacial score (nSPS) is 18.3. The maximum Gasteiger partial charge on any atom is 0.269 e. The highest BCUT2D eigenvalue weighted by molar-refractivity contribution is 6.29. The third-order valence-electron chi connectivity index (χ3n) is 5.35. The van der Waals surface area contributed by atoms with Crippen LogP contribution >= 0.6 is 11.6 Å². The third kappa shape index (κ3) is 4.77. The molecule has 1 saturated heterocycles. The molecule has 8 nitrogen and oxygen atoms in total. The predicted octanol–water partition coefficient (Wildman–Crippen LogP) is 2.60. The molecular formula is C22H23ClFN5O3. The molecule has 2 atom stereocenters. The van der Waals surface area contributed by atoms with Crippen LogP contribution in [0.5, 0.6) is 0 Å². The van der Waals surface area contributed by atoms with Gasteiger partial charge in [-0.05, 0) is 36.8 Å². The Bertz CT molecular complexity index is 1090. The molecular weight excluding hydrogens is 437 g/mol. The number of carbonyl (C=O) groups is 3. The molecule has 1 aliphatic heterocycles. The summed E-state index contributed by atoms with van der Waals surface area (Å²) in [5.41, 5.74) is 1.13. The molecule has 3 rings (SSSR count). The fraction of sp³-hybridized carbons (Fsp3) is 0.318. The van der Waals surface area contributed by atoms with Gasteiger partial charge in [0.15, 0.2) is 0 Å². The van der Waals surface area contributed by atoms with Crippen LogP contribution in [0.4, 0.5) is 4.39 Å². The Hall–Kier alpha value is -3.33. The molecule has 3 heterocycles. The van der Waals surface area contributed by atoms with Crippen LogP contribution in [0.3, 0.4) is 0 Å². The number of amides is 3. The quantitative estimate of drug-likeness (QED) is 0.560. The molecule has 2 aromatic rings. The van der Waals surface area contributed by atoms with Crippen molar-refractivity contribution in [2.75, 3.05) is 20.1 Å². The van der Waals surface area contributed by atoms with Gasteiger partial charge in [0, 0.05) is 44.7 Å². The second-order valence-corrected chi connectivity index (χ2v) is 7.87. The van der Waals surface area contributed by atoms with Crippen molar-refractivity contribution in [3.63, 3.8) is 0 Å². The summed E-state index contributed by atoms with van der Waals surface area (Å²) in [6.07, 6.45) is 1.24. The van der Waals surface area contributed by atoms with Crippen molar-refractivity contribution in [1.29, 1.82) is 0 Å². The molecule has 168 valence electrons. The van der Waals surface area contributed by atoms with E-state index < -0.39 is 17.9 Å². The molecule has 0 aromatic carbocycles. The zero-order valence-corrected chi connectivity index (χ0v) is 18.7. The zero-order valence-electron chi connectivity index (χ0n) is 17.9. The van der Waals surface area contributed by atoms with E-state index in [0.29, 0.717) is 23.4 Å². The van der Waals surface area contributed by atoms with E-state index in [0.717, 1.165) is 6.07 Å². The summed E-state index contributed by atoms with van der Waals surface area (Å²) >= 11 is 6.27. The number of pyridine rings is 2. The lowest BCUT2D eigenvalue weighted by Gasteiger charge is -2.45. The maximum absolute atomic E-state index is 14.1. The molecule has 0 unspecified atom stereocenters. The summed E-state index contributed by atoms with van der Waals surface area (Å²) in [5, 5.41) is 2.53. The van der Waals surface area contributed by atoms with E-state index in [9.17, 15) is 18.8 Å². The van der Waals surface area contributed by atoms with Gasteiger partial charge in [0.1, 0.15) is 10.8 Å². The first-order chi connectivity index (χ1) is 15.1. The highest BCUT2D eigenvalue weighted by Gasteiger charge is 2.36. The van der Waals surface area contributed by atoms with Crippen molar-refractivity contribution in [3.05, 3.63) is 59.3 Å². The topological polar surface area (TPSA) is 95.5 Å². The van der Waals surface area contributed by atoms with Gasteiger partial charge in [0.25, 0.3) is 5.91 Å². The Morgan fingerprint density at radius 3 is 2.53 bits per heavy atom. The van der Waals surface area contributed by atoms with Crippen molar-refractivity contribution < 1.29 is 18.8 Å². The molecule has 3 amide bonds. The van der Waals surface area contributed by atoms with Gasteiger partial charge in [0.05, 0.1) is 11.7 Å². The van der Waals surface area contributed by atoms with Gasteiger partial charge in [-0.15, -0.1) is 0 Å². The number of carbonyl (C=O) groups excluding carboxylic acids is 3. The van der Waals surface area contributed by atoms with Crippen LogP contribution in [-0.2, 0) is 9.59 Å². The molecule has 1 aliphatic rings. The van der Waals surface area contributed by atoms with Crippen LogP contribution in [0, 0.1) is 5.95 Å². The van der Waals surface area contributed by atoms with Gasteiger partial charge in [-0.1, -0.05) is 18.2 Å². The molecule has 0 aliphatic carbocycles. The number of aromatic nitrogens is 2. The largest absolute Gasteiger partial charge is 0.354 e. The van der Waals surface area contributed by atoms with Gasteiger partial charge in [-0.25, -0.2) is 9.97 Å². The smallest absolute Gasteiger partial charge is 0.269 e. The lowest BCUT2D eigenvalue weighted by atomic mass is 9.98. The number of piperazine rings is 1. The minimum Gasteiger partial charge on any atom is -0.354 e. The summed E-state index contributed by atoms with van der Waals surface area (Å²) in [7, 11) is 1.42. The van der Waals surface area contributed by atoms with Gasteiger partial charge in [-0.3, -0.25) is 14.4 Å². The Morgan fingerprint density at radius 1 is 1.19 bits per heavy atom. The Morgan fingerprint density at radius 2 is 1.91 bits per heavy atom. The fourth-order valence-corrected chi connectivity index (χ4v) is 4.00. The lowest BCUT2D eigenvalue weighted by molar-refractivity contribution is -0.142. The highest BCUT2D eigenvalue weighted by atomic mass is 35.5. The van der Waals surface area contributed by atoms with E-state index in [-0.39, 0.29) is 35.2 Å². The molecule has 0 spiro atoms. The van der Waals surface area contributed by atoms with E-state index in [1.165, 1.54) is 26.1 Å². The Balaban J connectivity index is 2.08. The minimum absolute atomic E-state index is 0.106. The molecule has 0 saturated carbocycles. The van der Waals surface area contributed by atoms with E-state index in [1.54, 1.807) is 21.9 Å². The van der Waals surface area contributed by atoms with Gasteiger partial charge in [0.2, 0.25) is 17.8 Å². The number of halogens is 2. The van der Waals surface area contributed by atoms with E-state index in [1.807, 2.05) is 6.92 Å². The summed E-state index contributed by atoms with van der Waals surface area (Å²) in [5.74, 6) is -1.78. The molecule has 10 heteroatoms. The summed E-state index contributed by atoms with van der Waals surface area (Å²) in [6.45, 7) is 7.44. The number of hydrogen-bond donors (Lipinski definition) is 1. The van der Waals surface area contributed by atoms with Crippen molar-refractivity contribution >= 4 is 29.3 Å². The van der Waals surface area contributed by atoms with E-state index in [2.05, 4.69) is 21.9 Å². The summed E-state index contributed by atoms with van der Waals surface area (Å²) in [6, 6.07) is 5.15. The number of rotatable bonds is 4. The zero-order chi connectivity index (χ0) is 23.6.